The van der Waals surface area contributed by atoms with Crippen LogP contribution in [-0.4, -0.2) is 33.7 Å². The first-order chi connectivity index (χ1) is 3.56. The molecule has 5 nitrogen and oxygen atoms in total. The van der Waals surface area contributed by atoms with Crippen molar-refractivity contribution in [3.8, 4) is 0 Å². The van der Waals surface area contributed by atoms with Crippen molar-refractivity contribution in [2.24, 2.45) is 5.73 Å². The summed E-state index contributed by atoms with van der Waals surface area (Å²) in [5.74, 6) is 0. The van der Waals surface area contributed by atoms with E-state index in [0.29, 0.717) is 13.0 Å². The maximum atomic E-state index is 8.14. The highest BCUT2D eigenvalue weighted by Crippen LogP contribution is 1.88. The van der Waals surface area contributed by atoms with Gasteiger partial charge in [0.25, 0.3) is 0 Å². The maximum absolute atomic E-state index is 8.14. The Bertz CT molecular complexity index is 60.0. The number of nitrogens with zero attached hydrogens (tertiary/aromatic N) is 1. The Morgan fingerprint density at radius 3 is 1.88 bits per heavy atom. The van der Waals surface area contributed by atoms with Crippen LogP contribution in [0.2, 0.25) is 0 Å². The van der Waals surface area contributed by atoms with Crippen LogP contribution in [-0.2, 0) is 0 Å². The lowest BCUT2D eigenvalue weighted by Gasteiger charge is -2.09. The summed E-state index contributed by atoms with van der Waals surface area (Å²) in [7, 11) is 0. The second-order valence-electron chi connectivity index (χ2n) is 1.56. The molecule has 0 saturated carbocycles. The predicted octanol–water partition coefficient (Wildman–Crippen LogP) is -0.680. The van der Waals surface area contributed by atoms with Crippen LogP contribution in [0.5, 0.6) is 0 Å². The van der Waals surface area contributed by atoms with E-state index in [0.717, 1.165) is 0 Å². The van der Waals surface area contributed by atoms with Crippen LogP contribution in [0.1, 0.15) is 6.42 Å². The second kappa shape index (κ2) is 2.95. The Labute approximate surface area is 47.0 Å². The summed E-state index contributed by atoms with van der Waals surface area (Å²) in [6.07, 6.45) is 0.378. The number of hydrogen-bond donors (Lipinski definition) is 4. The van der Waals surface area contributed by atoms with E-state index in [1.807, 2.05) is 0 Å². The smallest absolute Gasteiger partial charge is 0.178 e. The van der Waals surface area contributed by atoms with Crippen LogP contribution in [0.4, 0.5) is 0 Å². The molecule has 0 radical (unpaired) electrons. The first-order valence-corrected chi connectivity index (χ1v) is 2.32. The van der Waals surface area contributed by atoms with Gasteiger partial charge < -0.3 is 5.73 Å². The summed E-state index contributed by atoms with van der Waals surface area (Å²) in [5, 5.41) is 24.4. The standard InChI is InChI=1S/C3H11N2O3/c4-2-1-3-5(6,7)8/h6-8H,1-4H2/q+1. The van der Waals surface area contributed by atoms with Crippen molar-refractivity contribution >= 4 is 0 Å². The van der Waals surface area contributed by atoms with Crippen LogP contribution in [0.15, 0.2) is 0 Å². The average molecular weight is 123 g/mol. The van der Waals surface area contributed by atoms with E-state index in [1.54, 1.807) is 0 Å². The van der Waals surface area contributed by atoms with Gasteiger partial charge in [-0.1, -0.05) is 0 Å². The molecule has 0 spiro atoms. The fourth-order valence-corrected chi connectivity index (χ4v) is 0.303. The van der Waals surface area contributed by atoms with Crippen molar-refractivity contribution < 1.29 is 20.6 Å². The Kier molecular flexibility index (Phi) is 2.88. The first kappa shape index (κ1) is 7.80. The molecular formula is C3H11N2O3+. The van der Waals surface area contributed by atoms with Gasteiger partial charge in [0, 0.05) is 6.42 Å². The lowest BCUT2D eigenvalue weighted by atomic mass is 10.4. The summed E-state index contributed by atoms with van der Waals surface area (Å²) in [6.45, 7) is 0.179. The highest BCUT2D eigenvalue weighted by atomic mass is 17.1. The van der Waals surface area contributed by atoms with Gasteiger partial charge in [0.1, 0.15) is 0 Å². The summed E-state index contributed by atoms with van der Waals surface area (Å²) in [4.78, 5) is -1.98. The van der Waals surface area contributed by atoms with Gasteiger partial charge in [0.15, 0.2) is 6.54 Å². The number of nitrogens with two attached hydrogens (primary N) is 1. The van der Waals surface area contributed by atoms with E-state index < -0.39 is 4.97 Å². The van der Waals surface area contributed by atoms with Crippen molar-refractivity contribution in [1.29, 1.82) is 0 Å². The zero-order valence-electron chi connectivity index (χ0n) is 4.49. The average Bonchev–Trinajstić information content (AvgIpc) is 1.59. The molecule has 0 aliphatic carbocycles. The highest BCUT2D eigenvalue weighted by molar-refractivity contribution is 4.29. The molecule has 5 heteroatoms. The van der Waals surface area contributed by atoms with Gasteiger partial charge in [-0.2, -0.15) is 0 Å². The third-order valence-electron chi connectivity index (χ3n) is 0.662. The summed E-state index contributed by atoms with van der Waals surface area (Å²) >= 11 is 0. The summed E-state index contributed by atoms with van der Waals surface area (Å²) in [6, 6.07) is 0. The first-order valence-electron chi connectivity index (χ1n) is 2.32. The SMILES string of the molecule is NCCC[N+](O)(O)O. The van der Waals surface area contributed by atoms with Crippen LogP contribution < -0.4 is 5.73 Å². The third-order valence-corrected chi connectivity index (χ3v) is 0.662. The van der Waals surface area contributed by atoms with Gasteiger partial charge >= 0.3 is 0 Å². The van der Waals surface area contributed by atoms with E-state index in [9.17, 15) is 0 Å². The number of hydrogen-bond acceptors (Lipinski definition) is 4. The molecule has 0 aliphatic rings. The van der Waals surface area contributed by atoms with Crippen molar-refractivity contribution in [3.05, 3.63) is 0 Å². The quantitative estimate of drug-likeness (QED) is 0.296. The van der Waals surface area contributed by atoms with Crippen LogP contribution >= 0.6 is 0 Å². The minimum Gasteiger partial charge on any atom is -0.330 e. The number of hydroxylamine groups is 3. The van der Waals surface area contributed by atoms with Gasteiger partial charge in [-0.25, -0.2) is 0 Å². The van der Waals surface area contributed by atoms with Gasteiger partial charge in [-0.05, 0) is 6.54 Å². The molecule has 0 atom stereocenters. The van der Waals surface area contributed by atoms with Gasteiger partial charge in [-0.15, -0.1) is 15.6 Å². The molecule has 0 bridgehead atoms. The van der Waals surface area contributed by atoms with Crippen LogP contribution in [0.25, 0.3) is 0 Å². The lowest BCUT2D eigenvalue weighted by Crippen LogP contribution is -2.38. The van der Waals surface area contributed by atoms with Gasteiger partial charge in [0.2, 0.25) is 0 Å². The van der Waals surface area contributed by atoms with E-state index in [4.69, 9.17) is 21.4 Å². The molecule has 50 valence electrons. The van der Waals surface area contributed by atoms with Crippen molar-refractivity contribution in [2.75, 3.05) is 13.1 Å². The molecular weight excluding hydrogens is 112 g/mol. The largest absolute Gasteiger partial charge is 0.330 e. The predicted molar refractivity (Wildman–Crippen MR) is 24.2 cm³/mol. The van der Waals surface area contributed by atoms with Gasteiger partial charge in [-0.3, -0.25) is 0 Å². The zero-order valence-corrected chi connectivity index (χ0v) is 4.49. The van der Waals surface area contributed by atoms with Crippen molar-refractivity contribution in [2.45, 2.75) is 6.42 Å². The number of rotatable bonds is 3. The van der Waals surface area contributed by atoms with Crippen LogP contribution in [0, 0.1) is 0 Å². The zero-order chi connectivity index (χ0) is 6.62. The Balaban J connectivity index is 3.11. The Morgan fingerprint density at radius 1 is 1.25 bits per heavy atom. The molecule has 8 heavy (non-hydrogen) atoms. The molecule has 0 aromatic heterocycles. The molecule has 0 aliphatic heterocycles. The lowest BCUT2D eigenvalue weighted by molar-refractivity contribution is -1.37. The van der Waals surface area contributed by atoms with E-state index in [2.05, 4.69) is 0 Å². The van der Waals surface area contributed by atoms with Crippen molar-refractivity contribution in [1.82, 2.24) is 0 Å². The third kappa shape index (κ3) is 5.80. The molecule has 0 aromatic carbocycles. The maximum Gasteiger partial charge on any atom is 0.178 e. The topological polar surface area (TPSA) is 86.7 Å². The van der Waals surface area contributed by atoms with Crippen molar-refractivity contribution in [3.63, 3.8) is 0 Å². The molecule has 5 N–H and O–H groups in total. The molecule has 0 saturated heterocycles. The highest BCUT2D eigenvalue weighted by Gasteiger charge is 2.15. The summed E-state index contributed by atoms with van der Waals surface area (Å²) < 4.78 is 0. The fraction of sp³-hybridized carbons (Fsp3) is 1.00. The van der Waals surface area contributed by atoms with E-state index in [1.165, 1.54) is 0 Å². The fourth-order valence-electron chi connectivity index (χ4n) is 0.303. The van der Waals surface area contributed by atoms with Gasteiger partial charge in [0.05, 0.1) is 4.97 Å². The Hall–Kier alpha value is -0.200. The molecule has 0 aromatic rings. The van der Waals surface area contributed by atoms with Crippen LogP contribution in [0.3, 0.4) is 0 Å². The monoisotopic (exact) mass is 123 g/mol. The minimum atomic E-state index is -1.98. The summed E-state index contributed by atoms with van der Waals surface area (Å²) in [5.41, 5.74) is 4.99. The molecule has 0 unspecified atom stereocenters. The number of quaternary nitrogens is 1. The molecule has 0 heterocycles. The van der Waals surface area contributed by atoms with E-state index >= 15 is 0 Å². The molecule has 0 rings (SSSR count). The second-order valence-corrected chi connectivity index (χ2v) is 1.56. The molecule has 0 amide bonds. The minimum absolute atomic E-state index is 0.156. The Morgan fingerprint density at radius 2 is 1.75 bits per heavy atom. The van der Waals surface area contributed by atoms with E-state index in [-0.39, 0.29) is 6.54 Å². The normalized spacial score (nSPS) is 12.0. The molecule has 0 fully saturated rings.